The molecule has 1 atom stereocenters. The van der Waals surface area contributed by atoms with Gasteiger partial charge < -0.3 is 15.7 Å². The molecule has 1 heterocycles. The van der Waals surface area contributed by atoms with E-state index in [4.69, 9.17) is 22.4 Å². The van der Waals surface area contributed by atoms with Crippen molar-refractivity contribution in [3.05, 3.63) is 28.8 Å². The number of carboxylic acid groups (broad SMARTS) is 1. The Balaban J connectivity index is 2.20. The van der Waals surface area contributed by atoms with Gasteiger partial charge in [-0.3, -0.25) is 9.59 Å². The van der Waals surface area contributed by atoms with Gasteiger partial charge in [-0.15, -0.1) is 0 Å². The summed E-state index contributed by atoms with van der Waals surface area (Å²) in [5.74, 6) is -1.10. The zero-order valence-electron chi connectivity index (χ0n) is 10.3. The second kappa shape index (κ2) is 5.48. The quantitative estimate of drug-likeness (QED) is 0.831. The van der Waals surface area contributed by atoms with E-state index in [1.165, 1.54) is 0 Å². The number of likely N-dealkylation sites (tertiary alicyclic amines) is 1. The highest BCUT2D eigenvalue weighted by molar-refractivity contribution is 6.31. The number of carbonyl (C=O) groups is 2. The van der Waals surface area contributed by atoms with E-state index in [0.29, 0.717) is 29.2 Å². The number of hydrogen-bond acceptors (Lipinski definition) is 3. The summed E-state index contributed by atoms with van der Waals surface area (Å²) in [7, 11) is 0. The Morgan fingerprint density at radius 2 is 2.16 bits per heavy atom. The first-order valence-electron chi connectivity index (χ1n) is 6.06. The fourth-order valence-corrected chi connectivity index (χ4v) is 2.66. The van der Waals surface area contributed by atoms with Crippen LogP contribution in [0.4, 0.5) is 5.69 Å². The first kappa shape index (κ1) is 13.7. The smallest absolute Gasteiger partial charge is 0.305 e. The monoisotopic (exact) mass is 282 g/mol. The van der Waals surface area contributed by atoms with Gasteiger partial charge in [-0.2, -0.15) is 0 Å². The lowest BCUT2D eigenvalue weighted by Gasteiger charge is -2.23. The number of nitrogen functional groups attached to an aromatic ring is 1. The normalized spacial score (nSPS) is 18.6. The first-order chi connectivity index (χ1) is 8.97. The Hall–Kier alpha value is -1.75. The van der Waals surface area contributed by atoms with Crippen molar-refractivity contribution in [2.75, 3.05) is 12.3 Å². The summed E-state index contributed by atoms with van der Waals surface area (Å²) in [4.78, 5) is 24.7. The van der Waals surface area contributed by atoms with Crippen LogP contribution in [-0.4, -0.2) is 34.5 Å². The zero-order valence-corrected chi connectivity index (χ0v) is 11.1. The van der Waals surface area contributed by atoms with Crippen LogP contribution in [0, 0.1) is 0 Å². The number of carbonyl (C=O) groups excluding carboxylic acids is 1. The molecule has 102 valence electrons. The van der Waals surface area contributed by atoms with Crippen molar-refractivity contribution in [1.82, 2.24) is 4.90 Å². The maximum Gasteiger partial charge on any atom is 0.305 e. The summed E-state index contributed by atoms with van der Waals surface area (Å²) < 4.78 is 0. The van der Waals surface area contributed by atoms with Gasteiger partial charge >= 0.3 is 5.97 Å². The Bertz CT molecular complexity index is 498. The molecule has 1 unspecified atom stereocenters. The molecule has 1 aromatic carbocycles. The standard InChI is InChI=1S/C13H15ClN2O3/c14-9-4-8(5-10(15)6-9)13(19)16-3-1-2-11(16)7-12(17)18/h4-6,11H,1-3,7,15H2,(H,17,18). The molecule has 1 saturated heterocycles. The predicted octanol–water partition coefficient (Wildman–Crippen LogP) is 2.00. The summed E-state index contributed by atoms with van der Waals surface area (Å²) in [6.45, 7) is 0.573. The lowest BCUT2D eigenvalue weighted by atomic mass is 10.1. The van der Waals surface area contributed by atoms with Gasteiger partial charge in [0.25, 0.3) is 5.91 Å². The van der Waals surface area contributed by atoms with E-state index in [0.717, 1.165) is 6.42 Å². The van der Waals surface area contributed by atoms with Crippen molar-refractivity contribution >= 4 is 29.2 Å². The third-order valence-corrected chi connectivity index (χ3v) is 3.43. The van der Waals surface area contributed by atoms with Crippen molar-refractivity contribution in [2.45, 2.75) is 25.3 Å². The minimum absolute atomic E-state index is 0.0260. The van der Waals surface area contributed by atoms with E-state index in [2.05, 4.69) is 0 Å². The van der Waals surface area contributed by atoms with Crippen LogP contribution in [0.3, 0.4) is 0 Å². The molecule has 5 nitrogen and oxygen atoms in total. The lowest BCUT2D eigenvalue weighted by molar-refractivity contribution is -0.137. The molecule has 0 aromatic heterocycles. The second-order valence-corrected chi connectivity index (χ2v) is 5.10. The van der Waals surface area contributed by atoms with Crippen LogP contribution >= 0.6 is 11.6 Å². The molecule has 1 fully saturated rings. The summed E-state index contributed by atoms with van der Waals surface area (Å²) in [6, 6.07) is 4.43. The van der Waals surface area contributed by atoms with Crippen molar-refractivity contribution in [3.63, 3.8) is 0 Å². The van der Waals surface area contributed by atoms with E-state index in [9.17, 15) is 9.59 Å². The zero-order chi connectivity index (χ0) is 14.0. The second-order valence-electron chi connectivity index (χ2n) is 4.67. The molecular weight excluding hydrogens is 268 g/mol. The van der Waals surface area contributed by atoms with Crippen LogP contribution in [0.5, 0.6) is 0 Å². The van der Waals surface area contributed by atoms with Crippen LogP contribution in [0.15, 0.2) is 18.2 Å². The minimum Gasteiger partial charge on any atom is -0.481 e. The van der Waals surface area contributed by atoms with Gasteiger partial charge in [-0.1, -0.05) is 11.6 Å². The molecule has 0 spiro atoms. The molecule has 0 aliphatic carbocycles. The number of benzene rings is 1. The molecular formula is C13H15ClN2O3. The molecule has 1 aliphatic rings. The Morgan fingerprint density at radius 3 is 2.79 bits per heavy atom. The van der Waals surface area contributed by atoms with Crippen molar-refractivity contribution in [1.29, 1.82) is 0 Å². The lowest BCUT2D eigenvalue weighted by Crippen LogP contribution is -2.36. The predicted molar refractivity (Wildman–Crippen MR) is 72.2 cm³/mol. The largest absolute Gasteiger partial charge is 0.481 e. The van der Waals surface area contributed by atoms with Crippen molar-refractivity contribution in [3.8, 4) is 0 Å². The van der Waals surface area contributed by atoms with Crippen LogP contribution in [0.1, 0.15) is 29.6 Å². The van der Waals surface area contributed by atoms with E-state index in [1.807, 2.05) is 0 Å². The first-order valence-corrected chi connectivity index (χ1v) is 6.44. The maximum absolute atomic E-state index is 12.4. The Labute approximate surface area is 116 Å². The Kier molecular flexibility index (Phi) is 3.95. The number of carboxylic acids is 1. The molecule has 1 aliphatic heterocycles. The molecule has 3 N–H and O–H groups in total. The van der Waals surface area contributed by atoms with Gasteiger partial charge in [-0.25, -0.2) is 0 Å². The number of nitrogens with zero attached hydrogens (tertiary/aromatic N) is 1. The highest BCUT2D eigenvalue weighted by Gasteiger charge is 2.31. The fraction of sp³-hybridized carbons (Fsp3) is 0.385. The summed E-state index contributed by atoms with van der Waals surface area (Å²) in [5.41, 5.74) is 6.49. The number of rotatable bonds is 3. The fourth-order valence-electron chi connectivity index (χ4n) is 2.42. The third-order valence-electron chi connectivity index (χ3n) is 3.22. The summed E-state index contributed by atoms with van der Waals surface area (Å²) >= 11 is 5.88. The van der Waals surface area contributed by atoms with E-state index in [-0.39, 0.29) is 18.4 Å². The topological polar surface area (TPSA) is 83.6 Å². The van der Waals surface area contributed by atoms with Gasteiger partial charge in [0, 0.05) is 28.9 Å². The van der Waals surface area contributed by atoms with Crippen LogP contribution in [-0.2, 0) is 4.79 Å². The Morgan fingerprint density at radius 1 is 1.42 bits per heavy atom. The average molecular weight is 283 g/mol. The highest BCUT2D eigenvalue weighted by atomic mass is 35.5. The molecule has 1 amide bonds. The van der Waals surface area contributed by atoms with Crippen LogP contribution in [0.25, 0.3) is 0 Å². The summed E-state index contributed by atoms with van der Waals surface area (Å²) in [5, 5.41) is 9.25. The highest BCUT2D eigenvalue weighted by Crippen LogP contribution is 2.24. The van der Waals surface area contributed by atoms with Gasteiger partial charge in [0.05, 0.1) is 6.42 Å². The van der Waals surface area contributed by atoms with Gasteiger partial charge in [0.15, 0.2) is 0 Å². The molecule has 0 radical (unpaired) electrons. The van der Waals surface area contributed by atoms with Crippen molar-refractivity contribution < 1.29 is 14.7 Å². The molecule has 19 heavy (non-hydrogen) atoms. The van der Waals surface area contributed by atoms with Gasteiger partial charge in [-0.05, 0) is 31.0 Å². The molecule has 2 rings (SSSR count). The van der Waals surface area contributed by atoms with Gasteiger partial charge in [0.2, 0.25) is 0 Å². The number of anilines is 1. The van der Waals surface area contributed by atoms with Crippen molar-refractivity contribution in [2.24, 2.45) is 0 Å². The number of amides is 1. The van der Waals surface area contributed by atoms with Crippen LogP contribution < -0.4 is 5.73 Å². The van der Waals surface area contributed by atoms with E-state index < -0.39 is 5.97 Å². The summed E-state index contributed by atoms with van der Waals surface area (Å²) in [6.07, 6.45) is 1.51. The van der Waals surface area contributed by atoms with E-state index in [1.54, 1.807) is 23.1 Å². The average Bonchev–Trinajstić information content (AvgIpc) is 2.73. The molecule has 6 heteroatoms. The van der Waals surface area contributed by atoms with E-state index >= 15 is 0 Å². The number of nitrogens with two attached hydrogens (primary N) is 1. The molecule has 0 saturated carbocycles. The van der Waals surface area contributed by atoms with Gasteiger partial charge in [0.1, 0.15) is 0 Å². The molecule has 1 aromatic rings. The third kappa shape index (κ3) is 3.17. The number of aliphatic carboxylic acids is 1. The van der Waals surface area contributed by atoms with Crippen LogP contribution in [0.2, 0.25) is 5.02 Å². The number of halogens is 1. The number of hydrogen-bond donors (Lipinski definition) is 2. The molecule has 0 bridgehead atoms. The SMILES string of the molecule is Nc1cc(Cl)cc(C(=O)N2CCCC2CC(=O)O)c1. The minimum atomic E-state index is -0.893. The maximum atomic E-state index is 12.4.